The molecule has 0 aromatic carbocycles. The fourth-order valence-electron chi connectivity index (χ4n) is 3.38. The normalized spacial score (nSPS) is 32.6. The van der Waals surface area contributed by atoms with Crippen molar-refractivity contribution in [1.29, 1.82) is 0 Å². The van der Waals surface area contributed by atoms with Crippen molar-refractivity contribution in [1.82, 2.24) is 0 Å². The number of hydrogen-bond donors (Lipinski definition) is 0. The van der Waals surface area contributed by atoms with Gasteiger partial charge < -0.3 is 4.74 Å². The molecule has 0 aromatic rings. The van der Waals surface area contributed by atoms with E-state index in [2.05, 4.69) is 25.5 Å². The summed E-state index contributed by atoms with van der Waals surface area (Å²) in [5.74, 6) is -0.801. The fraction of sp³-hybridized carbons (Fsp3) is 0.933. The molecule has 5 heteroatoms. The van der Waals surface area contributed by atoms with Gasteiger partial charge in [0.2, 0.25) is 0 Å². The topological polar surface area (TPSA) is 26.3 Å². The van der Waals surface area contributed by atoms with Crippen LogP contribution in [0.1, 0.15) is 52.9 Å². The van der Waals surface area contributed by atoms with E-state index >= 15 is 0 Å². The molecule has 0 radical (unpaired) electrons. The lowest BCUT2D eigenvalue weighted by atomic mass is 9.55. The molecular weight excluding hydrogens is 269 g/mol. The molecule has 0 aromatic heterocycles. The lowest BCUT2D eigenvalue weighted by Crippen LogP contribution is -2.56. The van der Waals surface area contributed by atoms with Crippen molar-refractivity contribution in [3.8, 4) is 0 Å². The number of hydrogen-bond acceptors (Lipinski definition) is 2. The van der Waals surface area contributed by atoms with Crippen molar-refractivity contribution in [3.63, 3.8) is 0 Å². The van der Waals surface area contributed by atoms with Crippen molar-refractivity contribution in [3.05, 3.63) is 0 Å². The summed E-state index contributed by atoms with van der Waals surface area (Å²) in [4.78, 5) is 11.6. The summed E-state index contributed by atoms with van der Waals surface area (Å²) in [7, 11) is 1.04. The van der Waals surface area contributed by atoms with Crippen LogP contribution in [0.4, 0.5) is 13.2 Å². The minimum atomic E-state index is -4.48. The van der Waals surface area contributed by atoms with Crippen LogP contribution in [0, 0.1) is 23.2 Å². The van der Waals surface area contributed by atoms with Crippen molar-refractivity contribution < 1.29 is 22.7 Å². The van der Waals surface area contributed by atoms with Crippen LogP contribution in [0.25, 0.3) is 0 Å². The molecule has 1 atom stereocenters. The zero-order chi connectivity index (χ0) is 15.6. The Morgan fingerprint density at radius 1 is 1.15 bits per heavy atom. The third kappa shape index (κ3) is 3.29. The van der Waals surface area contributed by atoms with Gasteiger partial charge in [0, 0.05) is 0 Å². The number of methoxy groups -OCH3 is 1. The molecule has 3 fully saturated rings. The summed E-state index contributed by atoms with van der Waals surface area (Å²) in [6.45, 7) is 6.50. The number of halogens is 3. The molecule has 3 aliphatic carbocycles. The molecule has 3 aliphatic rings. The highest BCUT2D eigenvalue weighted by atomic mass is 19.4. The quantitative estimate of drug-likeness (QED) is 0.662. The van der Waals surface area contributed by atoms with E-state index in [9.17, 15) is 18.0 Å². The number of esters is 1. The van der Waals surface area contributed by atoms with E-state index in [1.54, 1.807) is 0 Å². The predicted molar refractivity (Wildman–Crippen MR) is 71.1 cm³/mol. The van der Waals surface area contributed by atoms with E-state index in [0.717, 1.165) is 25.9 Å². The lowest BCUT2D eigenvalue weighted by molar-refractivity contribution is -0.268. The third-order valence-electron chi connectivity index (χ3n) is 4.21. The second-order valence-corrected chi connectivity index (χ2v) is 6.61. The number of fused-ring (bicyclic) bond motifs is 3. The van der Waals surface area contributed by atoms with E-state index in [1.807, 2.05) is 0 Å². The largest absolute Gasteiger partial charge is 0.468 e. The van der Waals surface area contributed by atoms with Crippen LogP contribution in [-0.2, 0) is 9.53 Å². The Kier molecular flexibility index (Phi) is 5.50. The molecule has 0 spiro atoms. The zero-order valence-electron chi connectivity index (χ0n) is 12.7. The van der Waals surface area contributed by atoms with E-state index < -0.39 is 23.5 Å². The maximum atomic E-state index is 13.2. The summed E-state index contributed by atoms with van der Waals surface area (Å²) in [5.41, 5.74) is -2.22. The zero-order valence-corrected chi connectivity index (χ0v) is 12.7. The van der Waals surface area contributed by atoms with Gasteiger partial charge in [-0.05, 0) is 37.0 Å². The molecule has 0 aliphatic heterocycles. The number of rotatable bonds is 1. The molecule has 118 valence electrons. The van der Waals surface area contributed by atoms with Crippen LogP contribution in [-0.4, -0.2) is 19.3 Å². The van der Waals surface area contributed by atoms with Crippen molar-refractivity contribution >= 4 is 5.97 Å². The standard InChI is InChI=1S/C11H15F3O2.C4H10/c1-16-9(15)10(11(12,13)14)6-7-2-4-8(10)5-3-7;1-4(2)3/h7-8H,2-6H2,1H3;4H,1-3H3. The average molecular weight is 294 g/mol. The van der Waals surface area contributed by atoms with Gasteiger partial charge in [0.15, 0.2) is 5.41 Å². The Bertz CT molecular complexity index is 328. The molecule has 2 nitrogen and oxygen atoms in total. The van der Waals surface area contributed by atoms with Gasteiger partial charge in [0.05, 0.1) is 7.11 Å². The molecule has 3 saturated carbocycles. The molecular formula is C15H25F3O2. The first kappa shape index (κ1) is 17.3. The van der Waals surface area contributed by atoms with Crippen LogP contribution in [0.2, 0.25) is 0 Å². The Balaban J connectivity index is 0.000000444. The Morgan fingerprint density at radius 3 is 1.85 bits per heavy atom. The van der Waals surface area contributed by atoms with Crippen molar-refractivity contribution in [2.24, 2.45) is 23.2 Å². The number of ether oxygens (including phenoxy) is 1. The molecule has 2 bridgehead atoms. The Labute approximate surface area is 119 Å². The summed E-state index contributed by atoms with van der Waals surface area (Å²) in [6, 6.07) is 0. The van der Waals surface area contributed by atoms with Gasteiger partial charge in [0.1, 0.15) is 0 Å². The van der Waals surface area contributed by atoms with Gasteiger partial charge in [-0.15, -0.1) is 0 Å². The third-order valence-corrected chi connectivity index (χ3v) is 4.21. The lowest BCUT2D eigenvalue weighted by Gasteiger charge is -2.50. The molecule has 1 unspecified atom stereocenters. The molecule has 0 heterocycles. The first-order valence-electron chi connectivity index (χ1n) is 7.30. The predicted octanol–water partition coefficient (Wildman–Crippen LogP) is 4.58. The smallest absolute Gasteiger partial charge is 0.405 e. The fourth-order valence-corrected chi connectivity index (χ4v) is 3.38. The number of carbonyl (C=O) groups is 1. The maximum absolute atomic E-state index is 13.2. The Morgan fingerprint density at radius 2 is 1.60 bits per heavy atom. The van der Waals surface area contributed by atoms with E-state index in [1.165, 1.54) is 0 Å². The van der Waals surface area contributed by atoms with E-state index in [-0.39, 0.29) is 12.3 Å². The van der Waals surface area contributed by atoms with Crippen molar-refractivity contribution in [2.75, 3.05) is 7.11 Å². The van der Waals surface area contributed by atoms with Gasteiger partial charge in [-0.2, -0.15) is 13.2 Å². The minimum absolute atomic E-state index is 0.0331. The van der Waals surface area contributed by atoms with Gasteiger partial charge in [-0.25, -0.2) is 0 Å². The molecule has 3 rings (SSSR count). The van der Waals surface area contributed by atoms with Crippen LogP contribution >= 0.6 is 0 Å². The number of carbonyl (C=O) groups excluding carboxylic acids is 1. The first-order chi connectivity index (χ1) is 9.15. The summed E-state index contributed by atoms with van der Waals surface area (Å²) >= 11 is 0. The SMILES string of the molecule is CC(C)C.COC(=O)C1(C(F)(F)F)CC2CCC1CC2. The second kappa shape index (κ2) is 6.35. The average Bonchev–Trinajstić information content (AvgIpc) is 2.37. The first-order valence-corrected chi connectivity index (χ1v) is 7.30. The maximum Gasteiger partial charge on any atom is 0.405 e. The second-order valence-electron chi connectivity index (χ2n) is 6.61. The molecule has 20 heavy (non-hydrogen) atoms. The van der Waals surface area contributed by atoms with Gasteiger partial charge in [-0.1, -0.05) is 33.6 Å². The van der Waals surface area contributed by atoms with Crippen LogP contribution in [0.15, 0.2) is 0 Å². The van der Waals surface area contributed by atoms with Gasteiger partial charge in [0.25, 0.3) is 0 Å². The Hall–Kier alpha value is -0.740. The van der Waals surface area contributed by atoms with E-state index in [4.69, 9.17) is 0 Å². The van der Waals surface area contributed by atoms with Gasteiger partial charge in [-0.3, -0.25) is 4.79 Å². The molecule has 0 amide bonds. The molecule has 0 saturated heterocycles. The summed E-state index contributed by atoms with van der Waals surface area (Å²) in [5, 5.41) is 0. The van der Waals surface area contributed by atoms with Crippen molar-refractivity contribution in [2.45, 2.75) is 59.1 Å². The summed E-state index contributed by atoms with van der Waals surface area (Å²) < 4.78 is 44.0. The minimum Gasteiger partial charge on any atom is -0.468 e. The van der Waals surface area contributed by atoms with Gasteiger partial charge >= 0.3 is 12.1 Å². The van der Waals surface area contributed by atoms with Crippen LogP contribution in [0.5, 0.6) is 0 Å². The van der Waals surface area contributed by atoms with E-state index in [0.29, 0.717) is 12.8 Å². The highest BCUT2D eigenvalue weighted by molar-refractivity contribution is 5.78. The number of alkyl halides is 3. The highest BCUT2D eigenvalue weighted by Crippen LogP contribution is 2.60. The highest BCUT2D eigenvalue weighted by Gasteiger charge is 2.68. The van der Waals surface area contributed by atoms with Crippen LogP contribution < -0.4 is 0 Å². The summed E-state index contributed by atoms with van der Waals surface area (Å²) in [6.07, 6.45) is -1.92. The molecule has 0 N–H and O–H groups in total. The van der Waals surface area contributed by atoms with Crippen LogP contribution in [0.3, 0.4) is 0 Å². The monoisotopic (exact) mass is 294 g/mol.